The number of phenolic OH excluding ortho intramolecular Hbond substituents is 1. The SMILES string of the molecule is C[C@H](c1ccccc1O)N1C=[N+]([C@H]2CCc3ccccc32)CC1. The lowest BCUT2D eigenvalue weighted by Gasteiger charge is -2.17. The Hall–Kier alpha value is -2.29. The van der Waals surface area contributed by atoms with Crippen molar-refractivity contribution in [1.82, 2.24) is 4.90 Å². The van der Waals surface area contributed by atoms with E-state index in [1.54, 1.807) is 6.07 Å². The molecule has 0 aromatic heterocycles. The zero-order valence-corrected chi connectivity index (χ0v) is 13.5. The molecule has 0 saturated carbocycles. The lowest BCUT2D eigenvalue weighted by Crippen LogP contribution is -2.23. The van der Waals surface area contributed by atoms with Gasteiger partial charge in [-0.1, -0.05) is 42.5 Å². The number of aromatic hydroxyl groups is 1. The van der Waals surface area contributed by atoms with Gasteiger partial charge < -0.3 is 5.11 Å². The van der Waals surface area contributed by atoms with Crippen LogP contribution in [-0.2, 0) is 6.42 Å². The second-order valence-corrected chi connectivity index (χ2v) is 6.58. The van der Waals surface area contributed by atoms with E-state index in [0.717, 1.165) is 18.7 Å². The molecule has 23 heavy (non-hydrogen) atoms. The number of hydrogen-bond acceptors (Lipinski definition) is 2. The Labute approximate surface area is 137 Å². The average molecular weight is 307 g/mol. The van der Waals surface area contributed by atoms with Gasteiger partial charge in [-0.25, -0.2) is 0 Å². The van der Waals surface area contributed by atoms with Gasteiger partial charge in [-0.3, -0.25) is 9.48 Å². The Morgan fingerprint density at radius 1 is 1.13 bits per heavy atom. The van der Waals surface area contributed by atoms with Crippen LogP contribution in [0, 0.1) is 0 Å². The largest absolute Gasteiger partial charge is 0.508 e. The number of rotatable bonds is 3. The third kappa shape index (κ3) is 2.50. The van der Waals surface area contributed by atoms with E-state index in [2.05, 4.69) is 47.0 Å². The highest BCUT2D eigenvalue weighted by atomic mass is 16.3. The predicted molar refractivity (Wildman–Crippen MR) is 91.9 cm³/mol. The van der Waals surface area contributed by atoms with Crippen LogP contribution in [0.4, 0.5) is 0 Å². The Balaban J connectivity index is 1.57. The van der Waals surface area contributed by atoms with Crippen molar-refractivity contribution in [2.24, 2.45) is 0 Å². The standard InChI is InChI=1S/C20H22N2O/c1-15(17-7-4-5-9-20(17)23)21-12-13-22(14-21)19-11-10-16-6-2-3-8-18(16)19/h2-9,14-15,19H,10-13H2,1H3/p+1/t15-,19+/m1/s1. The summed E-state index contributed by atoms with van der Waals surface area (Å²) in [7, 11) is 0. The third-order valence-electron chi connectivity index (χ3n) is 5.30. The summed E-state index contributed by atoms with van der Waals surface area (Å²) in [6.45, 7) is 4.22. The summed E-state index contributed by atoms with van der Waals surface area (Å²) < 4.78 is 2.47. The summed E-state index contributed by atoms with van der Waals surface area (Å²) in [5.41, 5.74) is 3.98. The topological polar surface area (TPSA) is 26.5 Å². The molecule has 0 fully saturated rings. The molecule has 2 aromatic rings. The number of hydrogen-bond donors (Lipinski definition) is 1. The molecule has 2 aromatic carbocycles. The van der Waals surface area contributed by atoms with Gasteiger partial charge in [-0.05, 0) is 37.0 Å². The minimum absolute atomic E-state index is 0.192. The van der Waals surface area contributed by atoms with Crippen molar-refractivity contribution in [3.05, 3.63) is 65.2 Å². The molecule has 0 unspecified atom stereocenters. The van der Waals surface area contributed by atoms with E-state index in [0.29, 0.717) is 11.8 Å². The van der Waals surface area contributed by atoms with Crippen molar-refractivity contribution < 1.29 is 9.68 Å². The second kappa shape index (κ2) is 5.73. The molecule has 2 aliphatic rings. The third-order valence-corrected chi connectivity index (χ3v) is 5.30. The lowest BCUT2D eigenvalue weighted by molar-refractivity contribution is -0.559. The lowest BCUT2D eigenvalue weighted by atomic mass is 10.1. The molecule has 118 valence electrons. The molecule has 0 amide bonds. The molecule has 1 N–H and O–H groups in total. The summed E-state index contributed by atoms with van der Waals surface area (Å²) in [6, 6.07) is 17.2. The predicted octanol–water partition coefficient (Wildman–Crippen LogP) is 3.50. The molecule has 3 nitrogen and oxygen atoms in total. The van der Waals surface area contributed by atoms with Crippen LogP contribution in [0.5, 0.6) is 5.75 Å². The summed E-state index contributed by atoms with van der Waals surface area (Å²) >= 11 is 0. The second-order valence-electron chi connectivity index (χ2n) is 6.58. The molecule has 2 atom stereocenters. The first-order chi connectivity index (χ1) is 11.2. The fraction of sp³-hybridized carbons (Fsp3) is 0.350. The zero-order chi connectivity index (χ0) is 15.8. The number of fused-ring (bicyclic) bond motifs is 1. The van der Waals surface area contributed by atoms with Gasteiger partial charge in [0.25, 0.3) is 0 Å². The number of para-hydroxylation sites is 1. The van der Waals surface area contributed by atoms with Crippen molar-refractivity contribution in [3.63, 3.8) is 0 Å². The molecule has 0 radical (unpaired) electrons. The van der Waals surface area contributed by atoms with Crippen molar-refractivity contribution in [3.8, 4) is 5.75 Å². The van der Waals surface area contributed by atoms with Crippen LogP contribution in [0.25, 0.3) is 0 Å². The van der Waals surface area contributed by atoms with Gasteiger partial charge in [-0.2, -0.15) is 0 Å². The molecule has 1 heterocycles. The van der Waals surface area contributed by atoms with Crippen molar-refractivity contribution >= 4 is 6.34 Å². The number of phenols is 1. The first-order valence-electron chi connectivity index (χ1n) is 8.46. The number of nitrogens with zero attached hydrogens (tertiary/aromatic N) is 2. The van der Waals surface area contributed by atoms with Gasteiger partial charge in [0.1, 0.15) is 30.9 Å². The van der Waals surface area contributed by atoms with Gasteiger partial charge >= 0.3 is 0 Å². The monoisotopic (exact) mass is 307 g/mol. The van der Waals surface area contributed by atoms with Crippen LogP contribution in [0.1, 0.15) is 42.1 Å². The minimum atomic E-state index is 0.192. The normalized spacial score (nSPS) is 21.2. The number of aryl methyl sites for hydroxylation is 1. The molecule has 4 rings (SSSR count). The molecular weight excluding hydrogens is 284 g/mol. The van der Waals surface area contributed by atoms with E-state index in [-0.39, 0.29) is 6.04 Å². The van der Waals surface area contributed by atoms with E-state index in [4.69, 9.17) is 0 Å². The van der Waals surface area contributed by atoms with Crippen molar-refractivity contribution in [2.45, 2.75) is 31.8 Å². The average Bonchev–Trinajstić information content (AvgIpc) is 3.21. The summed E-state index contributed by atoms with van der Waals surface area (Å²) in [5.74, 6) is 0.387. The summed E-state index contributed by atoms with van der Waals surface area (Å²) in [6.07, 6.45) is 4.65. The summed E-state index contributed by atoms with van der Waals surface area (Å²) in [4.78, 5) is 2.34. The van der Waals surface area contributed by atoms with Crippen molar-refractivity contribution in [1.29, 1.82) is 0 Å². The van der Waals surface area contributed by atoms with Crippen LogP contribution >= 0.6 is 0 Å². The van der Waals surface area contributed by atoms with Gasteiger partial charge in [0.2, 0.25) is 6.34 Å². The molecule has 0 saturated heterocycles. The zero-order valence-electron chi connectivity index (χ0n) is 13.5. The van der Waals surface area contributed by atoms with E-state index in [9.17, 15) is 5.11 Å². The van der Waals surface area contributed by atoms with Gasteiger partial charge in [0.15, 0.2) is 0 Å². The van der Waals surface area contributed by atoms with Gasteiger partial charge in [0, 0.05) is 5.56 Å². The molecule has 0 bridgehead atoms. The van der Waals surface area contributed by atoms with E-state index >= 15 is 0 Å². The Morgan fingerprint density at radius 3 is 2.78 bits per heavy atom. The highest BCUT2D eigenvalue weighted by Crippen LogP contribution is 2.35. The first-order valence-corrected chi connectivity index (χ1v) is 8.46. The quantitative estimate of drug-likeness (QED) is 0.879. The molecule has 3 heteroatoms. The van der Waals surface area contributed by atoms with Gasteiger partial charge in [0.05, 0.1) is 0 Å². The maximum absolute atomic E-state index is 10.1. The molecule has 1 aliphatic heterocycles. The van der Waals surface area contributed by atoms with Crippen LogP contribution in [0.15, 0.2) is 48.5 Å². The first kappa shape index (κ1) is 14.3. The Morgan fingerprint density at radius 2 is 1.91 bits per heavy atom. The maximum Gasteiger partial charge on any atom is 0.235 e. The van der Waals surface area contributed by atoms with Crippen LogP contribution in [-0.4, -0.2) is 34.0 Å². The summed E-state index contributed by atoms with van der Waals surface area (Å²) in [5, 5.41) is 10.1. The van der Waals surface area contributed by atoms with Gasteiger partial charge in [-0.15, -0.1) is 0 Å². The molecule has 0 spiro atoms. The highest BCUT2D eigenvalue weighted by Gasteiger charge is 2.34. The maximum atomic E-state index is 10.1. The van der Waals surface area contributed by atoms with Crippen LogP contribution < -0.4 is 0 Å². The molecule has 1 aliphatic carbocycles. The van der Waals surface area contributed by atoms with E-state index in [1.165, 1.54) is 24.0 Å². The fourth-order valence-electron chi connectivity index (χ4n) is 3.97. The Kier molecular flexibility index (Phi) is 3.56. The van der Waals surface area contributed by atoms with Crippen LogP contribution in [0.3, 0.4) is 0 Å². The van der Waals surface area contributed by atoms with E-state index < -0.39 is 0 Å². The van der Waals surface area contributed by atoms with E-state index in [1.807, 2.05) is 18.2 Å². The van der Waals surface area contributed by atoms with Crippen LogP contribution in [0.2, 0.25) is 0 Å². The Bertz CT molecular complexity index is 753. The number of benzene rings is 2. The highest BCUT2D eigenvalue weighted by molar-refractivity contribution is 5.53. The molecular formula is C20H23N2O+. The van der Waals surface area contributed by atoms with Crippen molar-refractivity contribution in [2.75, 3.05) is 13.1 Å². The minimum Gasteiger partial charge on any atom is -0.508 e. The fourth-order valence-corrected chi connectivity index (χ4v) is 3.97. The smallest absolute Gasteiger partial charge is 0.235 e.